The average Bonchev–Trinajstić information content (AvgIpc) is 3.32. The Morgan fingerprint density at radius 3 is 2.42 bits per heavy atom. The Morgan fingerprint density at radius 1 is 1.08 bits per heavy atom. The average molecular weight is 344 g/mol. The van der Waals surface area contributed by atoms with Crippen molar-refractivity contribution in [2.24, 2.45) is 7.05 Å². The predicted octanol–water partition coefficient (Wildman–Crippen LogP) is 4.12. The summed E-state index contributed by atoms with van der Waals surface area (Å²) in [6.45, 7) is 2.15. The van der Waals surface area contributed by atoms with Crippen molar-refractivity contribution in [3.8, 4) is 6.07 Å². The minimum absolute atomic E-state index is 0.0427. The molecule has 0 spiro atoms. The number of nitrogens with zero attached hydrogens (tertiary/aromatic N) is 4. The van der Waals surface area contributed by atoms with E-state index in [2.05, 4.69) is 16.0 Å². The van der Waals surface area contributed by atoms with Crippen LogP contribution in [0.25, 0.3) is 22.4 Å². The molecule has 2 heterocycles. The molecule has 0 saturated carbocycles. The number of aliphatic hydroxyl groups is 1. The normalized spacial score (nSPS) is 15.2. The van der Waals surface area contributed by atoms with Gasteiger partial charge < -0.3 is 14.6 Å². The van der Waals surface area contributed by atoms with E-state index in [0.717, 1.165) is 29.8 Å². The second kappa shape index (κ2) is 6.57. The van der Waals surface area contributed by atoms with Gasteiger partial charge in [-0.1, -0.05) is 12.1 Å². The maximum atomic E-state index is 10.7. The van der Waals surface area contributed by atoms with E-state index < -0.39 is 0 Å². The lowest BCUT2D eigenvalue weighted by Crippen LogP contribution is -2.17. The molecule has 0 bridgehead atoms. The number of fused-ring (bicyclic) bond motifs is 1. The fourth-order valence-corrected chi connectivity index (χ4v) is 3.53. The van der Waals surface area contributed by atoms with Crippen LogP contribution in [0.5, 0.6) is 0 Å². The molecule has 1 aliphatic heterocycles. The molecule has 1 fully saturated rings. The summed E-state index contributed by atoms with van der Waals surface area (Å²) < 4.78 is 1.84. The smallest absolute Gasteiger partial charge is 0.155 e. The molecular formula is C21H20N4O. The van der Waals surface area contributed by atoms with E-state index in [9.17, 15) is 10.4 Å². The third-order valence-corrected chi connectivity index (χ3v) is 4.97. The van der Waals surface area contributed by atoms with Crippen LogP contribution >= 0.6 is 0 Å². The van der Waals surface area contributed by atoms with Gasteiger partial charge in [-0.25, -0.2) is 4.98 Å². The summed E-state index contributed by atoms with van der Waals surface area (Å²) in [6, 6.07) is 17.5. The molecule has 1 N–H and O–H groups in total. The van der Waals surface area contributed by atoms with Crippen LogP contribution in [0.1, 0.15) is 24.2 Å². The molecule has 4 rings (SSSR count). The van der Waals surface area contributed by atoms with Gasteiger partial charge in [0.05, 0.1) is 11.0 Å². The van der Waals surface area contributed by atoms with Crippen LogP contribution in [0.3, 0.4) is 0 Å². The predicted molar refractivity (Wildman–Crippen MR) is 104 cm³/mol. The number of rotatable bonds is 3. The largest absolute Gasteiger partial charge is 0.506 e. The maximum absolute atomic E-state index is 10.7. The van der Waals surface area contributed by atoms with Gasteiger partial charge in [-0.3, -0.25) is 0 Å². The van der Waals surface area contributed by atoms with Crippen molar-refractivity contribution in [3.63, 3.8) is 0 Å². The summed E-state index contributed by atoms with van der Waals surface area (Å²) in [7, 11) is 1.85. The highest BCUT2D eigenvalue weighted by atomic mass is 16.3. The molecule has 0 aliphatic carbocycles. The Kier molecular flexibility index (Phi) is 4.10. The Morgan fingerprint density at radius 2 is 1.77 bits per heavy atom. The molecule has 130 valence electrons. The number of aromatic nitrogens is 2. The maximum Gasteiger partial charge on any atom is 0.155 e. The van der Waals surface area contributed by atoms with Gasteiger partial charge in [-0.2, -0.15) is 5.26 Å². The van der Waals surface area contributed by atoms with Gasteiger partial charge in [0.25, 0.3) is 0 Å². The van der Waals surface area contributed by atoms with E-state index in [4.69, 9.17) is 0 Å². The fraction of sp³-hybridized carbons (Fsp3) is 0.238. The van der Waals surface area contributed by atoms with E-state index in [-0.39, 0.29) is 11.3 Å². The van der Waals surface area contributed by atoms with E-state index in [0.29, 0.717) is 11.4 Å². The Bertz CT molecular complexity index is 1020. The van der Waals surface area contributed by atoms with Crippen molar-refractivity contribution in [2.75, 3.05) is 18.0 Å². The third-order valence-electron chi connectivity index (χ3n) is 4.97. The first-order valence-electron chi connectivity index (χ1n) is 8.79. The Labute approximate surface area is 152 Å². The standard InChI is InChI=1S/C21H20N4O/c1-24-19-7-3-2-6-18(19)23-21(24)17(14-22)20(26)15-8-10-16(11-9-15)25-12-4-5-13-25/h2-3,6-11,26H,4-5,12-13H2,1H3. The number of anilines is 1. The highest BCUT2D eigenvalue weighted by Crippen LogP contribution is 2.28. The van der Waals surface area contributed by atoms with E-state index in [1.807, 2.05) is 60.1 Å². The zero-order valence-electron chi connectivity index (χ0n) is 14.7. The summed E-state index contributed by atoms with van der Waals surface area (Å²) in [5.41, 5.74) is 3.68. The third kappa shape index (κ3) is 2.70. The van der Waals surface area contributed by atoms with Crippen LogP contribution in [-0.4, -0.2) is 27.7 Å². The summed E-state index contributed by atoms with van der Waals surface area (Å²) in [5, 5.41) is 20.4. The molecule has 0 amide bonds. The Balaban J connectivity index is 1.75. The van der Waals surface area contributed by atoms with Gasteiger partial charge in [0.2, 0.25) is 0 Å². The molecule has 1 aromatic heterocycles. The van der Waals surface area contributed by atoms with Crippen molar-refractivity contribution in [2.45, 2.75) is 12.8 Å². The van der Waals surface area contributed by atoms with Crippen molar-refractivity contribution in [1.82, 2.24) is 9.55 Å². The highest BCUT2D eigenvalue weighted by Gasteiger charge is 2.18. The number of nitriles is 1. The summed E-state index contributed by atoms with van der Waals surface area (Å²) >= 11 is 0. The second-order valence-corrected chi connectivity index (χ2v) is 6.56. The second-order valence-electron chi connectivity index (χ2n) is 6.56. The van der Waals surface area contributed by atoms with E-state index in [1.165, 1.54) is 12.8 Å². The molecule has 5 heteroatoms. The number of allylic oxidation sites excluding steroid dienone is 1. The lowest BCUT2D eigenvalue weighted by molar-refractivity contribution is 0.513. The SMILES string of the molecule is Cn1c(C(C#N)=C(O)c2ccc(N3CCCC3)cc2)nc2ccccc21. The van der Waals surface area contributed by atoms with Crippen LogP contribution in [0, 0.1) is 11.3 Å². The van der Waals surface area contributed by atoms with E-state index >= 15 is 0 Å². The Hall–Kier alpha value is -3.26. The van der Waals surface area contributed by atoms with Gasteiger partial charge in [0, 0.05) is 31.4 Å². The minimum Gasteiger partial charge on any atom is -0.506 e. The fourth-order valence-electron chi connectivity index (χ4n) is 3.53. The van der Waals surface area contributed by atoms with Gasteiger partial charge in [-0.15, -0.1) is 0 Å². The van der Waals surface area contributed by atoms with Gasteiger partial charge >= 0.3 is 0 Å². The summed E-state index contributed by atoms with van der Waals surface area (Å²) in [6.07, 6.45) is 2.44. The van der Waals surface area contributed by atoms with Crippen LogP contribution < -0.4 is 4.90 Å². The van der Waals surface area contributed by atoms with Gasteiger partial charge in [-0.05, 0) is 49.2 Å². The molecule has 0 radical (unpaired) electrons. The first kappa shape index (κ1) is 16.2. The minimum atomic E-state index is -0.0427. The molecular weight excluding hydrogens is 324 g/mol. The van der Waals surface area contributed by atoms with Crippen molar-refractivity contribution in [3.05, 3.63) is 59.9 Å². The highest BCUT2D eigenvalue weighted by molar-refractivity contribution is 5.94. The number of hydrogen-bond acceptors (Lipinski definition) is 4. The molecule has 26 heavy (non-hydrogen) atoms. The van der Waals surface area contributed by atoms with E-state index in [1.54, 1.807) is 0 Å². The summed E-state index contributed by atoms with van der Waals surface area (Å²) in [5.74, 6) is 0.425. The number of hydrogen-bond donors (Lipinski definition) is 1. The number of para-hydroxylation sites is 2. The lowest BCUT2D eigenvalue weighted by atomic mass is 10.1. The molecule has 2 aromatic carbocycles. The van der Waals surface area contributed by atoms with Crippen molar-refractivity contribution < 1.29 is 5.11 Å². The quantitative estimate of drug-likeness (QED) is 0.573. The monoisotopic (exact) mass is 344 g/mol. The van der Waals surface area contributed by atoms with Crippen LogP contribution in [-0.2, 0) is 7.05 Å². The molecule has 0 unspecified atom stereocenters. The number of aliphatic hydroxyl groups excluding tert-OH is 1. The zero-order valence-corrected chi connectivity index (χ0v) is 14.7. The molecule has 1 aliphatic rings. The van der Waals surface area contributed by atoms with Gasteiger partial charge in [0.1, 0.15) is 17.4 Å². The lowest BCUT2D eigenvalue weighted by Gasteiger charge is -2.17. The first-order valence-corrected chi connectivity index (χ1v) is 8.79. The molecule has 0 atom stereocenters. The summed E-state index contributed by atoms with van der Waals surface area (Å²) in [4.78, 5) is 6.86. The van der Waals surface area contributed by atoms with Crippen molar-refractivity contribution >= 4 is 28.1 Å². The zero-order chi connectivity index (χ0) is 18.1. The van der Waals surface area contributed by atoms with Crippen molar-refractivity contribution in [1.29, 1.82) is 5.26 Å². The molecule has 3 aromatic rings. The molecule has 5 nitrogen and oxygen atoms in total. The number of imidazole rings is 1. The van der Waals surface area contributed by atoms with Gasteiger partial charge in [0.15, 0.2) is 5.82 Å². The van der Waals surface area contributed by atoms with Crippen LogP contribution in [0.4, 0.5) is 5.69 Å². The first-order chi connectivity index (χ1) is 12.7. The number of aryl methyl sites for hydroxylation is 1. The number of benzene rings is 2. The molecule has 1 saturated heterocycles. The van der Waals surface area contributed by atoms with Crippen LogP contribution in [0.15, 0.2) is 48.5 Å². The van der Waals surface area contributed by atoms with Crippen LogP contribution in [0.2, 0.25) is 0 Å². The topological polar surface area (TPSA) is 65.1 Å².